The Kier molecular flexibility index (Phi) is 12.3. The fourth-order valence-corrected chi connectivity index (χ4v) is 2.69. The van der Waals surface area contributed by atoms with Gasteiger partial charge in [-0.1, -0.05) is 0 Å². The molecule has 0 aliphatic rings. The second kappa shape index (κ2) is 14.7. The van der Waals surface area contributed by atoms with Gasteiger partial charge in [0, 0.05) is 25.2 Å². The third-order valence-corrected chi connectivity index (χ3v) is 4.05. The molecule has 13 heteroatoms. The van der Waals surface area contributed by atoms with E-state index in [0.29, 0.717) is 4.73 Å². The molecule has 1 aromatic rings. The highest BCUT2D eigenvalue weighted by molar-refractivity contribution is 5.76. The molecule has 0 bridgehead atoms. The average molecular weight is 473 g/mol. The molecule has 0 spiro atoms. The molecule has 0 aromatic carbocycles. The summed E-state index contributed by atoms with van der Waals surface area (Å²) in [5.74, 6) is -3.56. The first kappa shape index (κ1) is 27.7. The average Bonchev–Trinajstić information content (AvgIpc) is 3.04. The van der Waals surface area contributed by atoms with Crippen LogP contribution in [0.4, 0.5) is 0 Å². The first-order chi connectivity index (χ1) is 15.7. The summed E-state index contributed by atoms with van der Waals surface area (Å²) in [5, 5.41) is 19.2. The predicted molar refractivity (Wildman–Crippen MR) is 112 cm³/mol. The largest absolute Gasteiger partial charge is 0.492 e. The third kappa shape index (κ3) is 10.7. The van der Waals surface area contributed by atoms with Gasteiger partial charge in [-0.3, -0.25) is 24.2 Å². The highest BCUT2D eigenvalue weighted by atomic mass is 16.7. The van der Waals surface area contributed by atoms with Crippen LogP contribution in [0.1, 0.15) is 20.8 Å². The molecule has 0 atom stereocenters. The smallest absolute Gasteiger partial charge is 0.347 e. The van der Waals surface area contributed by atoms with Crippen LogP contribution in [0, 0.1) is 0 Å². The standard InChI is InChI=1S/C20H31N3O10/c1-4-30-17(26)11-21(12-18(27)31-5-2)9-10-22(13-19(28)32-6-3)14-20(29)33-23-15(24)7-8-16(23)25/h7-8,24-25H,4-6,9-14H2,1-3H3. The van der Waals surface area contributed by atoms with E-state index >= 15 is 0 Å². The first-order valence-corrected chi connectivity index (χ1v) is 10.4. The van der Waals surface area contributed by atoms with Gasteiger partial charge in [-0.2, -0.15) is 0 Å². The van der Waals surface area contributed by atoms with Crippen molar-refractivity contribution in [2.24, 2.45) is 0 Å². The Morgan fingerprint density at radius 1 is 0.697 bits per heavy atom. The van der Waals surface area contributed by atoms with Crippen molar-refractivity contribution in [3.8, 4) is 11.8 Å². The lowest BCUT2D eigenvalue weighted by Crippen LogP contribution is -2.45. The number of aromatic nitrogens is 1. The topological polar surface area (TPSA) is 157 Å². The van der Waals surface area contributed by atoms with Gasteiger partial charge in [0.2, 0.25) is 11.8 Å². The van der Waals surface area contributed by atoms with E-state index in [1.807, 2.05) is 0 Å². The summed E-state index contributed by atoms with van der Waals surface area (Å²) < 4.78 is 15.3. The zero-order valence-electron chi connectivity index (χ0n) is 19.0. The Hall–Kier alpha value is -3.32. The number of esters is 3. The van der Waals surface area contributed by atoms with E-state index in [0.717, 1.165) is 12.1 Å². The highest BCUT2D eigenvalue weighted by Crippen LogP contribution is 2.18. The molecule has 0 amide bonds. The summed E-state index contributed by atoms with van der Waals surface area (Å²) in [6.07, 6.45) is 0. The minimum atomic E-state index is -0.886. The summed E-state index contributed by atoms with van der Waals surface area (Å²) in [6, 6.07) is 2.25. The van der Waals surface area contributed by atoms with Crippen LogP contribution in [-0.4, -0.2) is 108 Å². The molecule has 33 heavy (non-hydrogen) atoms. The number of carbonyl (C=O) groups excluding carboxylic acids is 4. The number of carbonyl (C=O) groups is 4. The quantitative estimate of drug-likeness (QED) is 0.240. The van der Waals surface area contributed by atoms with Gasteiger partial charge in [0.1, 0.15) is 6.54 Å². The number of ether oxygens (including phenoxy) is 3. The number of nitrogens with zero attached hydrogens (tertiary/aromatic N) is 3. The summed E-state index contributed by atoms with van der Waals surface area (Å²) in [4.78, 5) is 55.8. The van der Waals surface area contributed by atoms with Crippen LogP contribution in [0.2, 0.25) is 0 Å². The Bertz CT molecular complexity index is 756. The van der Waals surface area contributed by atoms with Crippen LogP contribution in [0.5, 0.6) is 11.8 Å². The minimum absolute atomic E-state index is 0.0658. The zero-order valence-corrected chi connectivity index (χ0v) is 19.0. The van der Waals surface area contributed by atoms with Crippen molar-refractivity contribution in [2.45, 2.75) is 20.8 Å². The van der Waals surface area contributed by atoms with Crippen molar-refractivity contribution in [1.29, 1.82) is 0 Å². The van der Waals surface area contributed by atoms with E-state index in [1.165, 1.54) is 9.80 Å². The zero-order chi connectivity index (χ0) is 24.8. The third-order valence-electron chi connectivity index (χ3n) is 4.05. The molecule has 0 radical (unpaired) electrons. The normalized spacial score (nSPS) is 10.8. The molecule has 13 nitrogen and oxygen atoms in total. The summed E-state index contributed by atoms with van der Waals surface area (Å²) in [6.45, 7) is 4.50. The van der Waals surface area contributed by atoms with Gasteiger partial charge >= 0.3 is 23.9 Å². The van der Waals surface area contributed by atoms with E-state index < -0.39 is 42.2 Å². The Morgan fingerprint density at radius 3 is 1.36 bits per heavy atom. The second-order valence-electron chi connectivity index (χ2n) is 6.64. The molecule has 0 aliphatic carbocycles. The van der Waals surface area contributed by atoms with E-state index in [2.05, 4.69) is 0 Å². The molecule has 1 heterocycles. The van der Waals surface area contributed by atoms with Crippen molar-refractivity contribution in [3.63, 3.8) is 0 Å². The SMILES string of the molecule is CCOC(=O)CN(CCN(CC(=O)OCC)CC(=O)On1c(O)ccc1O)CC(=O)OCC. The molecular weight excluding hydrogens is 442 g/mol. The number of hydrogen-bond donors (Lipinski definition) is 2. The van der Waals surface area contributed by atoms with Crippen LogP contribution >= 0.6 is 0 Å². The Morgan fingerprint density at radius 2 is 1.03 bits per heavy atom. The maximum atomic E-state index is 12.3. The van der Waals surface area contributed by atoms with E-state index in [1.54, 1.807) is 20.8 Å². The lowest BCUT2D eigenvalue weighted by atomic mass is 10.3. The van der Waals surface area contributed by atoms with Gasteiger partial charge < -0.3 is 29.3 Å². The molecule has 0 fully saturated rings. The van der Waals surface area contributed by atoms with E-state index in [-0.39, 0.29) is 52.5 Å². The molecule has 186 valence electrons. The van der Waals surface area contributed by atoms with Crippen molar-refractivity contribution in [1.82, 2.24) is 14.5 Å². The number of aromatic hydroxyl groups is 2. The highest BCUT2D eigenvalue weighted by Gasteiger charge is 2.22. The van der Waals surface area contributed by atoms with Crippen LogP contribution < -0.4 is 4.84 Å². The van der Waals surface area contributed by atoms with E-state index in [4.69, 9.17) is 19.0 Å². The van der Waals surface area contributed by atoms with Crippen molar-refractivity contribution < 1.29 is 48.4 Å². The lowest BCUT2D eigenvalue weighted by Gasteiger charge is -2.25. The monoisotopic (exact) mass is 473 g/mol. The van der Waals surface area contributed by atoms with Gasteiger partial charge in [0.05, 0.1) is 39.5 Å². The number of hydrogen-bond acceptors (Lipinski definition) is 12. The van der Waals surface area contributed by atoms with Crippen LogP contribution in [0.15, 0.2) is 12.1 Å². The molecule has 0 unspecified atom stereocenters. The second-order valence-corrected chi connectivity index (χ2v) is 6.64. The van der Waals surface area contributed by atoms with Crippen molar-refractivity contribution in [2.75, 3.05) is 59.1 Å². The molecule has 1 aromatic heterocycles. The van der Waals surface area contributed by atoms with Crippen LogP contribution in [0.25, 0.3) is 0 Å². The van der Waals surface area contributed by atoms with Crippen LogP contribution in [-0.2, 0) is 33.4 Å². The maximum Gasteiger partial charge on any atom is 0.347 e. The molecule has 0 saturated carbocycles. The van der Waals surface area contributed by atoms with Crippen molar-refractivity contribution >= 4 is 23.9 Å². The Balaban J connectivity index is 2.84. The number of rotatable bonds is 15. The van der Waals surface area contributed by atoms with Crippen molar-refractivity contribution in [3.05, 3.63) is 12.1 Å². The summed E-state index contributed by atoms with van der Waals surface area (Å²) >= 11 is 0. The molecular formula is C20H31N3O10. The van der Waals surface area contributed by atoms with Gasteiger partial charge in [0.25, 0.3) is 0 Å². The fraction of sp³-hybridized carbons (Fsp3) is 0.600. The minimum Gasteiger partial charge on any atom is -0.492 e. The lowest BCUT2D eigenvalue weighted by molar-refractivity contribution is -0.152. The summed E-state index contributed by atoms with van der Waals surface area (Å²) in [5.41, 5.74) is 0. The van der Waals surface area contributed by atoms with E-state index in [9.17, 15) is 29.4 Å². The first-order valence-electron chi connectivity index (χ1n) is 10.4. The van der Waals surface area contributed by atoms with Gasteiger partial charge in [-0.15, -0.1) is 4.73 Å². The molecule has 0 aliphatic heterocycles. The molecule has 2 N–H and O–H groups in total. The van der Waals surface area contributed by atoms with Gasteiger partial charge in [0.15, 0.2) is 0 Å². The Labute approximate surface area is 191 Å². The molecule has 1 rings (SSSR count). The molecule has 0 saturated heterocycles. The fourth-order valence-electron chi connectivity index (χ4n) is 2.69. The van der Waals surface area contributed by atoms with Crippen LogP contribution in [0.3, 0.4) is 0 Å². The predicted octanol–water partition coefficient (Wildman–Crippen LogP) is -0.852. The summed E-state index contributed by atoms with van der Waals surface area (Å²) in [7, 11) is 0. The van der Waals surface area contributed by atoms with Gasteiger partial charge in [-0.25, -0.2) is 4.79 Å². The maximum absolute atomic E-state index is 12.3. The van der Waals surface area contributed by atoms with Gasteiger partial charge in [-0.05, 0) is 20.8 Å².